The topological polar surface area (TPSA) is 82.6 Å². The molecule has 1 N–H and O–H groups in total. The monoisotopic (exact) mass is 436 g/mol. The molecule has 0 bridgehead atoms. The number of carbonyl (C=O) groups excluding carboxylic acids is 1. The smallest absolute Gasteiger partial charge is 0.257 e. The number of benzene rings is 1. The summed E-state index contributed by atoms with van der Waals surface area (Å²) in [7, 11) is -1.48. The molecule has 0 unspecified atom stereocenters. The van der Waals surface area contributed by atoms with Crippen molar-refractivity contribution in [3.63, 3.8) is 0 Å². The highest BCUT2D eigenvalue weighted by Crippen LogP contribution is 2.28. The molecular weight excluding hydrogens is 408 g/mol. The maximum Gasteiger partial charge on any atom is 0.257 e. The average Bonchev–Trinajstić information content (AvgIpc) is 3.09. The Morgan fingerprint density at radius 3 is 2.48 bits per heavy atom. The van der Waals surface area contributed by atoms with Gasteiger partial charge in [0.2, 0.25) is 10.0 Å². The minimum atomic E-state index is -3.55. The first-order valence-corrected chi connectivity index (χ1v) is 12.2. The van der Waals surface area contributed by atoms with Gasteiger partial charge in [-0.05, 0) is 44.2 Å². The normalized spacial score (nSPS) is 14.8. The number of carbonyl (C=O) groups is 1. The second kappa shape index (κ2) is 9.34. The Morgan fingerprint density at radius 2 is 1.86 bits per heavy atom. The zero-order valence-corrected chi connectivity index (χ0v) is 18.8. The molecule has 7 nitrogen and oxygen atoms in total. The van der Waals surface area contributed by atoms with E-state index in [1.807, 2.05) is 13.8 Å². The van der Waals surface area contributed by atoms with Gasteiger partial charge in [-0.15, -0.1) is 11.3 Å². The summed E-state index contributed by atoms with van der Waals surface area (Å²) in [6.07, 6.45) is 2.40. The highest BCUT2D eigenvalue weighted by atomic mass is 32.2. The van der Waals surface area contributed by atoms with Crippen LogP contribution in [-0.4, -0.2) is 55.2 Å². The molecule has 1 aromatic heterocycles. The zero-order valence-electron chi connectivity index (χ0n) is 17.1. The molecule has 1 aliphatic heterocycles. The number of rotatable bonds is 8. The number of sulfonamides is 1. The van der Waals surface area contributed by atoms with E-state index in [1.165, 1.54) is 32.7 Å². The number of amides is 1. The van der Waals surface area contributed by atoms with Crippen molar-refractivity contribution in [2.45, 2.75) is 44.6 Å². The van der Waals surface area contributed by atoms with E-state index in [0.717, 1.165) is 38.0 Å². The molecule has 29 heavy (non-hydrogen) atoms. The van der Waals surface area contributed by atoms with Crippen LogP contribution in [-0.2, 0) is 23.0 Å². The number of aromatic nitrogens is 1. The van der Waals surface area contributed by atoms with E-state index in [2.05, 4.69) is 22.2 Å². The van der Waals surface area contributed by atoms with Crippen LogP contribution in [0, 0.1) is 0 Å². The van der Waals surface area contributed by atoms with Crippen molar-refractivity contribution in [1.29, 1.82) is 0 Å². The SMILES string of the molecule is CCCN(CCC)S(=O)(=O)c1ccc(C(=O)Nc2nc3c(s2)CN(C)CC3)cc1. The molecule has 0 atom stereocenters. The predicted octanol–water partition coefficient (Wildman–Crippen LogP) is 3.19. The number of thiazole rings is 1. The molecule has 0 aliphatic carbocycles. The fraction of sp³-hybridized carbons (Fsp3) is 0.500. The maximum atomic E-state index is 12.8. The van der Waals surface area contributed by atoms with Crippen LogP contribution >= 0.6 is 11.3 Å². The van der Waals surface area contributed by atoms with E-state index in [9.17, 15) is 13.2 Å². The van der Waals surface area contributed by atoms with Gasteiger partial charge < -0.3 is 4.90 Å². The van der Waals surface area contributed by atoms with Crippen molar-refractivity contribution >= 4 is 32.4 Å². The van der Waals surface area contributed by atoms with Gasteiger partial charge in [0.1, 0.15) is 0 Å². The Labute approximate surface area is 176 Å². The molecule has 1 aromatic carbocycles. The van der Waals surface area contributed by atoms with Crippen molar-refractivity contribution in [1.82, 2.24) is 14.2 Å². The Morgan fingerprint density at radius 1 is 1.21 bits per heavy atom. The molecule has 9 heteroatoms. The molecule has 158 valence electrons. The second-order valence-electron chi connectivity index (χ2n) is 7.26. The van der Waals surface area contributed by atoms with Crippen LogP contribution < -0.4 is 5.32 Å². The number of nitrogens with zero attached hydrogens (tertiary/aromatic N) is 3. The van der Waals surface area contributed by atoms with Crippen LogP contribution in [0.1, 0.15) is 47.6 Å². The van der Waals surface area contributed by atoms with Crippen LogP contribution in [0.3, 0.4) is 0 Å². The number of likely N-dealkylation sites (N-methyl/N-ethyl adjacent to an activating group) is 1. The Hall–Kier alpha value is -1.81. The first-order valence-electron chi connectivity index (χ1n) is 9.93. The lowest BCUT2D eigenvalue weighted by Gasteiger charge is -2.21. The van der Waals surface area contributed by atoms with Gasteiger partial charge >= 0.3 is 0 Å². The lowest BCUT2D eigenvalue weighted by molar-refractivity contribution is 0.102. The van der Waals surface area contributed by atoms with Gasteiger partial charge in [-0.2, -0.15) is 4.31 Å². The van der Waals surface area contributed by atoms with Crippen molar-refractivity contribution in [3.8, 4) is 0 Å². The molecule has 1 aliphatic rings. The summed E-state index contributed by atoms with van der Waals surface area (Å²) >= 11 is 1.50. The molecule has 3 rings (SSSR count). The van der Waals surface area contributed by atoms with E-state index < -0.39 is 10.0 Å². The van der Waals surface area contributed by atoms with E-state index in [-0.39, 0.29) is 10.8 Å². The molecule has 0 saturated heterocycles. The minimum Gasteiger partial charge on any atom is -0.301 e. The number of hydrogen-bond acceptors (Lipinski definition) is 6. The summed E-state index contributed by atoms with van der Waals surface area (Å²) in [5, 5.41) is 3.43. The first kappa shape index (κ1) is 21.9. The average molecular weight is 437 g/mol. The van der Waals surface area contributed by atoms with Gasteiger partial charge in [0.15, 0.2) is 5.13 Å². The molecule has 1 amide bonds. The number of nitrogens with one attached hydrogen (secondary N) is 1. The predicted molar refractivity (Wildman–Crippen MR) is 116 cm³/mol. The van der Waals surface area contributed by atoms with Gasteiger partial charge in [0, 0.05) is 43.0 Å². The Kier molecular flexibility index (Phi) is 7.05. The van der Waals surface area contributed by atoms with Crippen LogP contribution in [0.5, 0.6) is 0 Å². The van der Waals surface area contributed by atoms with Crippen LogP contribution in [0.2, 0.25) is 0 Å². The van der Waals surface area contributed by atoms with E-state index in [0.29, 0.717) is 23.8 Å². The molecule has 0 spiro atoms. The third kappa shape index (κ3) is 5.03. The molecule has 0 radical (unpaired) electrons. The fourth-order valence-corrected chi connectivity index (χ4v) is 6.03. The first-order chi connectivity index (χ1) is 13.8. The van der Waals surface area contributed by atoms with Crippen LogP contribution in [0.25, 0.3) is 0 Å². The van der Waals surface area contributed by atoms with Gasteiger partial charge in [0.05, 0.1) is 10.6 Å². The largest absolute Gasteiger partial charge is 0.301 e. The summed E-state index contributed by atoms with van der Waals surface area (Å²) in [6, 6.07) is 6.12. The van der Waals surface area contributed by atoms with Crippen LogP contribution in [0.15, 0.2) is 29.2 Å². The van der Waals surface area contributed by atoms with E-state index >= 15 is 0 Å². The summed E-state index contributed by atoms with van der Waals surface area (Å²) in [4.78, 5) is 20.7. The van der Waals surface area contributed by atoms with E-state index in [1.54, 1.807) is 12.1 Å². The molecular formula is C20H28N4O3S2. The van der Waals surface area contributed by atoms with E-state index in [4.69, 9.17) is 0 Å². The molecule has 0 fully saturated rings. The third-order valence-corrected chi connectivity index (χ3v) is 7.75. The Balaban J connectivity index is 1.72. The summed E-state index contributed by atoms with van der Waals surface area (Å²) in [6.45, 7) is 6.71. The molecule has 2 heterocycles. The fourth-order valence-electron chi connectivity index (χ4n) is 3.32. The van der Waals surface area contributed by atoms with Crippen molar-refractivity contribution in [3.05, 3.63) is 40.4 Å². The standard InChI is InChI=1S/C20H28N4O3S2/c1-4-11-24(12-5-2)29(26,27)16-8-6-15(7-9-16)19(25)22-20-21-17-10-13-23(3)14-18(17)28-20/h6-9H,4-5,10-14H2,1-3H3,(H,21,22,25). The lowest BCUT2D eigenvalue weighted by atomic mass is 10.2. The van der Waals surface area contributed by atoms with Gasteiger partial charge in [-0.3, -0.25) is 10.1 Å². The lowest BCUT2D eigenvalue weighted by Crippen LogP contribution is -2.32. The van der Waals surface area contributed by atoms with Gasteiger partial charge in [0.25, 0.3) is 5.91 Å². The minimum absolute atomic E-state index is 0.212. The van der Waals surface area contributed by atoms with Gasteiger partial charge in [-0.1, -0.05) is 13.8 Å². The van der Waals surface area contributed by atoms with Gasteiger partial charge in [-0.25, -0.2) is 13.4 Å². The third-order valence-electron chi connectivity index (χ3n) is 4.84. The van der Waals surface area contributed by atoms with Crippen LogP contribution in [0.4, 0.5) is 5.13 Å². The van der Waals surface area contributed by atoms with Crippen molar-refractivity contribution in [2.75, 3.05) is 32.0 Å². The number of hydrogen-bond donors (Lipinski definition) is 1. The number of fused-ring (bicyclic) bond motifs is 1. The maximum absolute atomic E-state index is 12.8. The quantitative estimate of drug-likeness (QED) is 0.687. The summed E-state index contributed by atoms with van der Waals surface area (Å²) < 4.78 is 27.2. The molecule has 0 saturated carbocycles. The Bertz CT molecular complexity index is 949. The summed E-state index contributed by atoms with van der Waals surface area (Å²) in [5.74, 6) is -0.285. The number of anilines is 1. The van der Waals surface area contributed by atoms with Crippen molar-refractivity contribution in [2.24, 2.45) is 0 Å². The molecule has 2 aromatic rings. The second-order valence-corrected chi connectivity index (χ2v) is 10.3. The highest BCUT2D eigenvalue weighted by Gasteiger charge is 2.24. The summed E-state index contributed by atoms with van der Waals surface area (Å²) in [5.41, 5.74) is 1.46. The van der Waals surface area contributed by atoms with Crippen molar-refractivity contribution < 1.29 is 13.2 Å². The highest BCUT2D eigenvalue weighted by molar-refractivity contribution is 7.89. The zero-order chi connectivity index (χ0) is 21.0.